The lowest BCUT2D eigenvalue weighted by atomic mass is 9.94. The lowest BCUT2D eigenvalue weighted by Gasteiger charge is -2.25. The largest absolute Gasteiger partial charge is 0.312 e. The monoisotopic (exact) mass is 244 g/mol. The molecular weight excluding hydrogens is 220 g/mol. The van der Waals surface area contributed by atoms with E-state index in [1.54, 1.807) is 0 Å². The van der Waals surface area contributed by atoms with Gasteiger partial charge in [-0.2, -0.15) is 0 Å². The first-order chi connectivity index (χ1) is 8.74. The fraction of sp³-hybridized carbons (Fsp3) is 0.625. The van der Waals surface area contributed by atoms with Crippen molar-refractivity contribution in [3.05, 3.63) is 35.4 Å². The van der Waals surface area contributed by atoms with Crippen LogP contribution in [0.15, 0.2) is 24.3 Å². The van der Waals surface area contributed by atoms with Gasteiger partial charge in [0, 0.05) is 25.2 Å². The van der Waals surface area contributed by atoms with E-state index >= 15 is 0 Å². The summed E-state index contributed by atoms with van der Waals surface area (Å²) in [5.41, 5.74) is 2.84. The standard InChI is InChI=1S/C16H24N2/c1-12-5-3-6-14(9-12)13(2)18-10-15-7-4-8-17-16(15)11-18/h3,5-6,9,13,15-17H,4,7-8,10-11H2,1-2H3. The van der Waals surface area contributed by atoms with Crippen LogP contribution < -0.4 is 5.32 Å². The molecule has 0 spiro atoms. The first-order valence-corrected chi connectivity index (χ1v) is 7.28. The molecule has 2 aliphatic rings. The molecule has 1 N–H and O–H groups in total. The minimum Gasteiger partial charge on any atom is -0.312 e. The fourth-order valence-electron chi connectivity index (χ4n) is 3.54. The van der Waals surface area contributed by atoms with Crippen LogP contribution in [0.5, 0.6) is 0 Å². The Hall–Kier alpha value is -0.860. The van der Waals surface area contributed by atoms with Gasteiger partial charge in [-0.05, 0) is 44.7 Å². The van der Waals surface area contributed by atoms with Gasteiger partial charge in [-0.1, -0.05) is 29.8 Å². The Balaban J connectivity index is 1.72. The molecule has 0 aliphatic carbocycles. The predicted octanol–water partition coefficient (Wildman–Crippen LogP) is 2.74. The van der Waals surface area contributed by atoms with Gasteiger partial charge >= 0.3 is 0 Å². The lowest BCUT2D eigenvalue weighted by molar-refractivity contribution is 0.251. The van der Waals surface area contributed by atoms with Crippen molar-refractivity contribution >= 4 is 0 Å². The zero-order valence-electron chi connectivity index (χ0n) is 11.5. The molecule has 18 heavy (non-hydrogen) atoms. The van der Waals surface area contributed by atoms with Crippen LogP contribution in [-0.2, 0) is 0 Å². The smallest absolute Gasteiger partial charge is 0.0320 e. The van der Waals surface area contributed by atoms with Crippen molar-refractivity contribution < 1.29 is 0 Å². The van der Waals surface area contributed by atoms with Crippen molar-refractivity contribution in [3.8, 4) is 0 Å². The molecule has 0 saturated carbocycles. The van der Waals surface area contributed by atoms with Crippen LogP contribution in [0.2, 0.25) is 0 Å². The van der Waals surface area contributed by atoms with Gasteiger partial charge in [-0.3, -0.25) is 4.90 Å². The molecule has 2 heteroatoms. The molecule has 2 nitrogen and oxygen atoms in total. The highest BCUT2D eigenvalue weighted by Gasteiger charge is 2.36. The second kappa shape index (κ2) is 5.02. The summed E-state index contributed by atoms with van der Waals surface area (Å²) in [4.78, 5) is 2.66. The van der Waals surface area contributed by atoms with E-state index < -0.39 is 0 Å². The maximum absolute atomic E-state index is 3.69. The van der Waals surface area contributed by atoms with E-state index in [9.17, 15) is 0 Å². The number of benzene rings is 1. The molecule has 0 aromatic heterocycles. The summed E-state index contributed by atoms with van der Waals surface area (Å²) in [6.07, 6.45) is 2.77. The van der Waals surface area contributed by atoms with Gasteiger partial charge in [0.2, 0.25) is 0 Å². The summed E-state index contributed by atoms with van der Waals surface area (Å²) >= 11 is 0. The van der Waals surface area contributed by atoms with Crippen LogP contribution in [-0.4, -0.2) is 30.6 Å². The van der Waals surface area contributed by atoms with Crippen molar-refractivity contribution in [3.63, 3.8) is 0 Å². The van der Waals surface area contributed by atoms with E-state index in [4.69, 9.17) is 0 Å². The maximum Gasteiger partial charge on any atom is 0.0320 e. The Labute approximate surface area is 110 Å². The van der Waals surface area contributed by atoms with Gasteiger partial charge in [-0.25, -0.2) is 0 Å². The number of aryl methyl sites for hydroxylation is 1. The highest BCUT2D eigenvalue weighted by Crippen LogP contribution is 2.31. The van der Waals surface area contributed by atoms with Crippen molar-refractivity contribution in [2.24, 2.45) is 5.92 Å². The topological polar surface area (TPSA) is 15.3 Å². The Bertz CT molecular complexity index is 401. The molecular formula is C16H24N2. The minimum atomic E-state index is 0.553. The van der Waals surface area contributed by atoms with Crippen LogP contribution >= 0.6 is 0 Å². The highest BCUT2D eigenvalue weighted by molar-refractivity contribution is 5.25. The summed E-state index contributed by atoms with van der Waals surface area (Å²) in [6.45, 7) is 8.24. The molecule has 2 fully saturated rings. The molecule has 2 heterocycles. The van der Waals surface area contributed by atoms with E-state index in [1.165, 1.54) is 43.6 Å². The van der Waals surface area contributed by atoms with Crippen LogP contribution in [0.1, 0.15) is 36.9 Å². The molecule has 98 valence electrons. The Morgan fingerprint density at radius 3 is 3.00 bits per heavy atom. The zero-order chi connectivity index (χ0) is 12.5. The van der Waals surface area contributed by atoms with Crippen molar-refractivity contribution in [2.75, 3.05) is 19.6 Å². The molecule has 2 aliphatic heterocycles. The molecule has 3 atom stereocenters. The Morgan fingerprint density at radius 2 is 2.22 bits per heavy atom. The zero-order valence-corrected chi connectivity index (χ0v) is 11.5. The molecule has 0 amide bonds. The first kappa shape index (κ1) is 12.2. The Kier molecular flexibility index (Phi) is 3.40. The van der Waals surface area contributed by atoms with Crippen LogP contribution in [0, 0.1) is 12.8 Å². The van der Waals surface area contributed by atoms with E-state index in [1.807, 2.05) is 0 Å². The van der Waals surface area contributed by atoms with E-state index in [-0.39, 0.29) is 0 Å². The molecule has 3 unspecified atom stereocenters. The van der Waals surface area contributed by atoms with Crippen LogP contribution in [0.3, 0.4) is 0 Å². The third kappa shape index (κ3) is 2.32. The van der Waals surface area contributed by atoms with Crippen LogP contribution in [0.4, 0.5) is 0 Å². The third-order valence-corrected chi connectivity index (χ3v) is 4.70. The number of nitrogens with zero attached hydrogens (tertiary/aromatic N) is 1. The van der Waals surface area contributed by atoms with Gasteiger partial charge < -0.3 is 5.32 Å². The predicted molar refractivity (Wildman–Crippen MR) is 75.7 cm³/mol. The summed E-state index contributed by atoms with van der Waals surface area (Å²) < 4.78 is 0. The third-order valence-electron chi connectivity index (χ3n) is 4.70. The highest BCUT2D eigenvalue weighted by atomic mass is 15.2. The molecule has 1 aromatic rings. The molecule has 0 radical (unpaired) electrons. The fourth-order valence-corrected chi connectivity index (χ4v) is 3.54. The SMILES string of the molecule is Cc1cccc(C(C)N2CC3CCCNC3C2)c1. The summed E-state index contributed by atoms with van der Waals surface area (Å²) in [7, 11) is 0. The number of likely N-dealkylation sites (tertiary alicyclic amines) is 1. The lowest BCUT2D eigenvalue weighted by Crippen LogP contribution is -2.40. The minimum absolute atomic E-state index is 0.553. The van der Waals surface area contributed by atoms with Gasteiger partial charge in [0.05, 0.1) is 0 Å². The maximum atomic E-state index is 3.69. The number of hydrogen-bond acceptors (Lipinski definition) is 2. The number of nitrogens with one attached hydrogen (secondary N) is 1. The van der Waals surface area contributed by atoms with E-state index in [0.29, 0.717) is 6.04 Å². The van der Waals surface area contributed by atoms with Gasteiger partial charge in [0.15, 0.2) is 0 Å². The number of piperidine rings is 1. The van der Waals surface area contributed by atoms with Crippen molar-refractivity contribution in [2.45, 2.75) is 38.8 Å². The summed E-state index contributed by atoms with van der Waals surface area (Å²) in [5.74, 6) is 0.881. The summed E-state index contributed by atoms with van der Waals surface area (Å²) in [5, 5.41) is 3.69. The van der Waals surface area contributed by atoms with Crippen LogP contribution in [0.25, 0.3) is 0 Å². The quantitative estimate of drug-likeness (QED) is 0.860. The van der Waals surface area contributed by atoms with Gasteiger partial charge in [0.25, 0.3) is 0 Å². The summed E-state index contributed by atoms with van der Waals surface area (Å²) in [6, 6.07) is 10.3. The Morgan fingerprint density at radius 1 is 1.33 bits per heavy atom. The van der Waals surface area contributed by atoms with Gasteiger partial charge in [-0.15, -0.1) is 0 Å². The average Bonchev–Trinajstić information content (AvgIpc) is 2.81. The number of hydrogen-bond donors (Lipinski definition) is 1. The van der Waals surface area contributed by atoms with Crippen molar-refractivity contribution in [1.82, 2.24) is 10.2 Å². The van der Waals surface area contributed by atoms with E-state index in [0.717, 1.165) is 12.0 Å². The normalized spacial score (nSPS) is 30.1. The van der Waals surface area contributed by atoms with Crippen molar-refractivity contribution in [1.29, 1.82) is 0 Å². The van der Waals surface area contributed by atoms with Gasteiger partial charge in [0.1, 0.15) is 0 Å². The molecule has 0 bridgehead atoms. The van der Waals surface area contributed by atoms with E-state index in [2.05, 4.69) is 48.3 Å². The average molecular weight is 244 g/mol. The molecule has 2 saturated heterocycles. The first-order valence-electron chi connectivity index (χ1n) is 7.28. The number of rotatable bonds is 2. The second-order valence-corrected chi connectivity index (χ2v) is 6.01. The second-order valence-electron chi connectivity index (χ2n) is 6.01. The number of fused-ring (bicyclic) bond motifs is 1. The molecule has 1 aromatic carbocycles. The molecule has 3 rings (SSSR count).